The van der Waals surface area contributed by atoms with Crippen molar-refractivity contribution in [1.29, 1.82) is 0 Å². The van der Waals surface area contributed by atoms with E-state index in [1.807, 2.05) is 24.4 Å². The number of nitro groups is 1. The molecule has 0 aliphatic carbocycles. The maximum absolute atomic E-state index is 10.6. The maximum atomic E-state index is 10.6. The molecule has 2 aromatic rings. The van der Waals surface area contributed by atoms with Gasteiger partial charge in [-0.2, -0.15) is 0 Å². The number of non-ortho nitro benzene ring substituents is 1. The molecule has 22 heavy (non-hydrogen) atoms. The smallest absolute Gasteiger partial charge is 0.272 e. The third kappa shape index (κ3) is 4.98. The molecule has 1 aromatic heterocycles. The van der Waals surface area contributed by atoms with Gasteiger partial charge in [-0.1, -0.05) is 6.07 Å². The Morgan fingerprint density at radius 1 is 1.18 bits per heavy atom. The highest BCUT2D eigenvalue weighted by atomic mass is 32.1. The number of hydrogen-bond donors (Lipinski definition) is 3. The third-order valence-corrected chi connectivity index (χ3v) is 3.02. The van der Waals surface area contributed by atoms with E-state index in [2.05, 4.69) is 20.9 Å². The predicted molar refractivity (Wildman–Crippen MR) is 88.8 cm³/mol. The highest BCUT2D eigenvalue weighted by molar-refractivity contribution is 7.80. The molecule has 0 radical (unpaired) electrons. The lowest BCUT2D eigenvalue weighted by molar-refractivity contribution is -0.384. The summed E-state index contributed by atoms with van der Waals surface area (Å²) >= 11 is 5.16. The fraction of sp³-hybridized carbons (Fsp3) is 0.143. The molecule has 0 saturated heterocycles. The van der Waals surface area contributed by atoms with E-state index in [0.29, 0.717) is 23.9 Å². The summed E-state index contributed by atoms with van der Waals surface area (Å²) in [4.78, 5) is 13.2. The third-order valence-electron chi connectivity index (χ3n) is 2.77. The molecule has 0 aliphatic heterocycles. The topological polar surface area (TPSA) is 93.4 Å². The summed E-state index contributed by atoms with van der Waals surface area (Å²) in [5.74, 6) is 0.929. The van der Waals surface area contributed by atoms with Crippen molar-refractivity contribution in [2.24, 2.45) is 0 Å². The number of nitro benzene ring substituents is 1. The van der Waals surface area contributed by atoms with Gasteiger partial charge in [0.15, 0.2) is 5.11 Å². The summed E-state index contributed by atoms with van der Waals surface area (Å²) in [7, 11) is 0. The molecule has 0 aliphatic rings. The predicted octanol–water partition coefficient (Wildman–Crippen LogP) is 1.81. The first kappa shape index (κ1) is 15.6. The van der Waals surface area contributed by atoms with Crippen LogP contribution in [-0.4, -0.2) is 23.1 Å². The van der Waals surface area contributed by atoms with Gasteiger partial charge < -0.3 is 10.6 Å². The minimum atomic E-state index is -0.438. The van der Waals surface area contributed by atoms with Crippen molar-refractivity contribution < 1.29 is 9.91 Å². The molecular formula is C14H16N5O2S+. The van der Waals surface area contributed by atoms with Crippen molar-refractivity contribution in [3.8, 4) is 0 Å². The van der Waals surface area contributed by atoms with E-state index in [9.17, 15) is 10.1 Å². The highest BCUT2D eigenvalue weighted by Gasteiger charge is 2.05. The van der Waals surface area contributed by atoms with Crippen LogP contribution >= 0.6 is 12.2 Å². The van der Waals surface area contributed by atoms with Crippen LogP contribution in [-0.2, 0) is 0 Å². The van der Waals surface area contributed by atoms with Gasteiger partial charge in [0, 0.05) is 23.9 Å². The van der Waals surface area contributed by atoms with Crippen molar-refractivity contribution in [3.63, 3.8) is 0 Å². The van der Waals surface area contributed by atoms with Crippen molar-refractivity contribution in [2.45, 2.75) is 0 Å². The van der Waals surface area contributed by atoms with E-state index in [1.54, 1.807) is 12.1 Å². The van der Waals surface area contributed by atoms with Crippen LogP contribution < -0.4 is 20.9 Å². The van der Waals surface area contributed by atoms with Crippen LogP contribution in [0.2, 0.25) is 0 Å². The number of thiocarbonyl (C=S) groups is 1. The second-order valence-corrected chi connectivity index (χ2v) is 4.80. The van der Waals surface area contributed by atoms with Gasteiger partial charge in [-0.3, -0.25) is 15.4 Å². The van der Waals surface area contributed by atoms with Crippen molar-refractivity contribution in [1.82, 2.24) is 5.32 Å². The zero-order valence-corrected chi connectivity index (χ0v) is 12.5. The van der Waals surface area contributed by atoms with E-state index in [0.717, 1.165) is 5.82 Å². The van der Waals surface area contributed by atoms with E-state index in [1.165, 1.54) is 12.1 Å². The van der Waals surface area contributed by atoms with Crippen LogP contribution in [0.1, 0.15) is 0 Å². The Morgan fingerprint density at radius 2 is 1.95 bits per heavy atom. The van der Waals surface area contributed by atoms with Gasteiger partial charge >= 0.3 is 0 Å². The Kier molecular flexibility index (Phi) is 5.61. The molecule has 8 heteroatoms. The Morgan fingerprint density at radius 3 is 2.59 bits per heavy atom. The summed E-state index contributed by atoms with van der Waals surface area (Å²) < 4.78 is 0. The molecule has 7 nitrogen and oxygen atoms in total. The van der Waals surface area contributed by atoms with Crippen LogP contribution in [0.3, 0.4) is 0 Å². The number of nitrogens with zero attached hydrogens (tertiary/aromatic N) is 1. The van der Waals surface area contributed by atoms with Crippen molar-refractivity contribution >= 4 is 34.5 Å². The second-order valence-electron chi connectivity index (χ2n) is 4.39. The molecule has 0 spiro atoms. The number of benzene rings is 1. The number of pyridine rings is 1. The van der Waals surface area contributed by atoms with Gasteiger partial charge in [-0.15, -0.1) is 0 Å². The van der Waals surface area contributed by atoms with E-state index in [-0.39, 0.29) is 5.69 Å². The van der Waals surface area contributed by atoms with Crippen molar-refractivity contribution in [2.75, 3.05) is 23.7 Å². The minimum absolute atomic E-state index is 0.0488. The second kappa shape index (κ2) is 7.89. The lowest BCUT2D eigenvalue weighted by Gasteiger charge is -2.09. The number of hydrogen-bond acceptors (Lipinski definition) is 4. The number of aromatic amines is 1. The summed E-state index contributed by atoms with van der Waals surface area (Å²) in [5.41, 5.74) is 0.750. The maximum Gasteiger partial charge on any atom is 0.272 e. The van der Waals surface area contributed by atoms with Crippen LogP contribution in [0.4, 0.5) is 17.2 Å². The molecule has 0 unspecified atom stereocenters. The molecule has 2 rings (SSSR count). The van der Waals surface area contributed by atoms with Crippen LogP contribution in [0.5, 0.6) is 0 Å². The Balaban J connectivity index is 1.70. The number of H-pyrrole nitrogens is 1. The lowest BCUT2D eigenvalue weighted by Crippen LogP contribution is -2.33. The summed E-state index contributed by atoms with van der Waals surface area (Å²) in [6.45, 7) is 1.34. The van der Waals surface area contributed by atoms with E-state index >= 15 is 0 Å². The molecule has 0 fully saturated rings. The Hall–Kier alpha value is -2.74. The van der Waals surface area contributed by atoms with Gasteiger partial charge in [0.2, 0.25) is 0 Å². The quantitative estimate of drug-likeness (QED) is 0.325. The highest BCUT2D eigenvalue weighted by Crippen LogP contribution is 2.15. The molecule has 0 bridgehead atoms. The monoisotopic (exact) mass is 318 g/mol. The first-order valence-electron chi connectivity index (χ1n) is 6.65. The van der Waals surface area contributed by atoms with Crippen LogP contribution in [0.25, 0.3) is 0 Å². The van der Waals surface area contributed by atoms with Crippen molar-refractivity contribution in [3.05, 3.63) is 58.8 Å². The zero-order chi connectivity index (χ0) is 15.8. The standard InChI is InChI=1S/C14H15N5O2S/c20-19(21)12-6-4-11(5-7-12)18-14(22)17-10-9-16-13-3-1-2-8-15-13/h1-8H,9-10H2,(H,15,16)(H2,17,18,22)/p+1. The molecule has 1 aromatic carbocycles. The summed E-state index contributed by atoms with van der Waals surface area (Å²) in [5, 5.41) is 20.2. The SMILES string of the molecule is O=[N+]([O-])c1ccc(NC(=S)NCCNc2cccc[nH+]2)cc1. The molecule has 1 heterocycles. The van der Waals surface area contributed by atoms with E-state index in [4.69, 9.17) is 12.2 Å². The zero-order valence-electron chi connectivity index (χ0n) is 11.7. The van der Waals surface area contributed by atoms with E-state index < -0.39 is 4.92 Å². The summed E-state index contributed by atoms with van der Waals surface area (Å²) in [6.07, 6.45) is 1.84. The molecule has 0 amide bonds. The summed E-state index contributed by atoms with van der Waals surface area (Å²) in [6, 6.07) is 11.9. The molecule has 114 valence electrons. The Labute approximate surface area is 132 Å². The molecule has 0 atom stereocenters. The van der Waals surface area contributed by atoms with Crippen LogP contribution in [0, 0.1) is 10.1 Å². The fourth-order valence-electron chi connectivity index (χ4n) is 1.72. The largest absolute Gasteiger partial charge is 0.359 e. The van der Waals surface area contributed by atoms with Gasteiger partial charge in [0.25, 0.3) is 11.5 Å². The number of nitrogens with one attached hydrogen (secondary N) is 4. The van der Waals surface area contributed by atoms with Gasteiger partial charge in [0.1, 0.15) is 6.54 Å². The molecule has 4 N–H and O–H groups in total. The fourth-order valence-corrected chi connectivity index (χ4v) is 1.94. The van der Waals surface area contributed by atoms with Gasteiger partial charge in [0.05, 0.1) is 17.7 Å². The molecule has 0 saturated carbocycles. The first-order chi connectivity index (χ1) is 10.6. The van der Waals surface area contributed by atoms with Gasteiger partial charge in [-0.25, -0.2) is 4.98 Å². The van der Waals surface area contributed by atoms with Gasteiger partial charge in [-0.05, 0) is 30.4 Å². The number of aromatic nitrogens is 1. The minimum Gasteiger partial charge on any atom is -0.359 e. The Bertz CT molecular complexity index is 633. The number of rotatable bonds is 6. The van der Waals surface area contributed by atoms with Crippen LogP contribution in [0.15, 0.2) is 48.7 Å². The normalized spacial score (nSPS) is 9.82. The number of anilines is 2. The first-order valence-corrected chi connectivity index (χ1v) is 7.06. The average molecular weight is 318 g/mol. The average Bonchev–Trinajstić information content (AvgIpc) is 2.53. The lowest BCUT2D eigenvalue weighted by atomic mass is 10.3. The molecular weight excluding hydrogens is 302 g/mol.